The van der Waals surface area contributed by atoms with Gasteiger partial charge in [0.15, 0.2) is 0 Å². The molecule has 1 unspecified atom stereocenters. The molecular weight excluding hydrogens is 216 g/mol. The minimum absolute atomic E-state index is 0.178. The molecule has 1 rings (SSSR count). The fourth-order valence-electron chi connectivity index (χ4n) is 1.73. The molecule has 1 aliphatic rings. The van der Waals surface area contributed by atoms with Gasteiger partial charge in [0.25, 0.3) is 10.2 Å². The first-order valence-corrected chi connectivity index (χ1v) is 6.78. The van der Waals surface area contributed by atoms with Gasteiger partial charge in [0.05, 0.1) is 6.61 Å². The molecule has 0 bridgehead atoms. The van der Waals surface area contributed by atoms with Gasteiger partial charge < -0.3 is 5.11 Å². The number of rotatable bonds is 4. The molecule has 0 spiro atoms. The molecule has 0 aliphatic carbocycles. The largest absolute Gasteiger partial charge is 0.395 e. The van der Waals surface area contributed by atoms with Gasteiger partial charge in [-0.25, -0.2) is 0 Å². The van der Waals surface area contributed by atoms with Crippen LogP contribution in [0.15, 0.2) is 0 Å². The van der Waals surface area contributed by atoms with Crippen molar-refractivity contribution in [2.45, 2.75) is 32.7 Å². The fourth-order valence-corrected chi connectivity index (χ4v) is 3.28. The van der Waals surface area contributed by atoms with E-state index in [0.29, 0.717) is 19.0 Å². The highest BCUT2D eigenvalue weighted by Gasteiger charge is 2.27. The Balaban J connectivity index is 2.60. The Hall–Kier alpha value is -0.170. The van der Waals surface area contributed by atoms with Crippen molar-refractivity contribution in [1.29, 1.82) is 0 Å². The molecule has 1 heterocycles. The summed E-state index contributed by atoms with van der Waals surface area (Å²) >= 11 is 0. The van der Waals surface area contributed by atoms with Crippen LogP contribution < -0.4 is 4.72 Å². The SMILES string of the molecule is CC1CCCN(S(=O)(=O)N[C@H](C)CO)C1. The lowest BCUT2D eigenvalue weighted by atomic mass is 10.0. The molecule has 15 heavy (non-hydrogen) atoms. The van der Waals surface area contributed by atoms with E-state index < -0.39 is 16.3 Å². The first-order chi connectivity index (χ1) is 6.95. The van der Waals surface area contributed by atoms with Crippen molar-refractivity contribution in [1.82, 2.24) is 9.03 Å². The number of piperidine rings is 1. The summed E-state index contributed by atoms with van der Waals surface area (Å²) in [6.07, 6.45) is 2.00. The van der Waals surface area contributed by atoms with Gasteiger partial charge in [-0.3, -0.25) is 0 Å². The second-order valence-electron chi connectivity index (χ2n) is 4.31. The van der Waals surface area contributed by atoms with Crippen LogP contribution >= 0.6 is 0 Å². The summed E-state index contributed by atoms with van der Waals surface area (Å²) in [7, 11) is -3.40. The van der Waals surface area contributed by atoms with E-state index in [-0.39, 0.29) is 6.61 Å². The van der Waals surface area contributed by atoms with Crippen LogP contribution in [0, 0.1) is 5.92 Å². The Morgan fingerprint density at radius 2 is 2.27 bits per heavy atom. The van der Waals surface area contributed by atoms with E-state index >= 15 is 0 Å². The highest BCUT2D eigenvalue weighted by molar-refractivity contribution is 7.87. The maximum Gasteiger partial charge on any atom is 0.279 e. The monoisotopic (exact) mass is 236 g/mol. The molecule has 0 aromatic carbocycles. The number of nitrogens with one attached hydrogen (secondary N) is 1. The lowest BCUT2D eigenvalue weighted by Crippen LogP contribution is -2.48. The van der Waals surface area contributed by atoms with Crippen LogP contribution in [0.4, 0.5) is 0 Å². The van der Waals surface area contributed by atoms with Gasteiger partial charge in [0.1, 0.15) is 0 Å². The molecule has 1 aliphatic heterocycles. The average molecular weight is 236 g/mol. The maximum atomic E-state index is 11.8. The summed E-state index contributed by atoms with van der Waals surface area (Å²) in [5, 5.41) is 8.80. The number of hydrogen-bond donors (Lipinski definition) is 2. The summed E-state index contributed by atoms with van der Waals surface area (Å²) in [6.45, 7) is 4.68. The summed E-state index contributed by atoms with van der Waals surface area (Å²) in [5.41, 5.74) is 0. The van der Waals surface area contributed by atoms with E-state index in [9.17, 15) is 8.42 Å². The van der Waals surface area contributed by atoms with Crippen molar-refractivity contribution in [3.8, 4) is 0 Å². The number of aliphatic hydroxyl groups excluding tert-OH is 1. The predicted octanol–water partition coefficient (Wildman–Crippen LogP) is -0.0665. The van der Waals surface area contributed by atoms with Crippen LogP contribution in [0.2, 0.25) is 0 Å². The molecule has 1 saturated heterocycles. The Labute approximate surface area is 91.7 Å². The quantitative estimate of drug-likeness (QED) is 0.718. The molecule has 0 aromatic rings. The van der Waals surface area contributed by atoms with Crippen LogP contribution in [0.1, 0.15) is 26.7 Å². The van der Waals surface area contributed by atoms with Crippen LogP contribution in [-0.2, 0) is 10.2 Å². The molecule has 2 N–H and O–H groups in total. The third-order valence-corrected chi connectivity index (χ3v) is 4.30. The molecule has 0 amide bonds. The normalized spacial score (nSPS) is 26.5. The maximum absolute atomic E-state index is 11.8. The van der Waals surface area contributed by atoms with E-state index in [1.165, 1.54) is 4.31 Å². The van der Waals surface area contributed by atoms with Crippen LogP contribution in [0.5, 0.6) is 0 Å². The molecule has 0 aromatic heterocycles. The van der Waals surface area contributed by atoms with E-state index in [0.717, 1.165) is 12.8 Å². The van der Waals surface area contributed by atoms with Gasteiger partial charge in [-0.1, -0.05) is 6.92 Å². The summed E-state index contributed by atoms with van der Waals surface area (Å²) in [4.78, 5) is 0. The fraction of sp³-hybridized carbons (Fsp3) is 1.00. The van der Waals surface area contributed by atoms with Gasteiger partial charge in [0, 0.05) is 19.1 Å². The second-order valence-corrected chi connectivity index (χ2v) is 6.01. The second kappa shape index (κ2) is 5.25. The average Bonchev–Trinajstić information content (AvgIpc) is 2.17. The lowest BCUT2D eigenvalue weighted by Gasteiger charge is -2.30. The minimum Gasteiger partial charge on any atom is -0.395 e. The number of aliphatic hydroxyl groups is 1. The number of nitrogens with zero attached hydrogens (tertiary/aromatic N) is 1. The highest BCUT2D eigenvalue weighted by Crippen LogP contribution is 2.17. The van der Waals surface area contributed by atoms with Crippen LogP contribution in [0.25, 0.3) is 0 Å². The third-order valence-electron chi connectivity index (χ3n) is 2.58. The zero-order chi connectivity index (χ0) is 11.5. The molecule has 0 radical (unpaired) electrons. The molecule has 90 valence electrons. The van der Waals surface area contributed by atoms with Crippen molar-refractivity contribution < 1.29 is 13.5 Å². The Bertz CT molecular complexity index is 292. The standard InChI is InChI=1S/C9H20N2O3S/c1-8-4-3-5-11(6-8)15(13,14)10-9(2)7-12/h8-10,12H,3-7H2,1-2H3/t8?,9-/m1/s1. The van der Waals surface area contributed by atoms with Crippen LogP contribution in [-0.4, -0.2) is 43.6 Å². The lowest BCUT2D eigenvalue weighted by molar-refractivity contribution is 0.252. The first kappa shape index (κ1) is 12.9. The Morgan fingerprint density at radius 1 is 1.60 bits per heavy atom. The Morgan fingerprint density at radius 3 is 2.80 bits per heavy atom. The van der Waals surface area contributed by atoms with E-state index in [2.05, 4.69) is 11.6 Å². The summed E-state index contributed by atoms with van der Waals surface area (Å²) in [5.74, 6) is 0.416. The van der Waals surface area contributed by atoms with Crippen molar-refractivity contribution in [2.75, 3.05) is 19.7 Å². The van der Waals surface area contributed by atoms with Crippen molar-refractivity contribution in [3.05, 3.63) is 0 Å². The topological polar surface area (TPSA) is 69.6 Å². The first-order valence-electron chi connectivity index (χ1n) is 5.34. The third kappa shape index (κ3) is 3.71. The van der Waals surface area contributed by atoms with Gasteiger partial charge in [0.2, 0.25) is 0 Å². The van der Waals surface area contributed by atoms with Crippen LogP contribution in [0.3, 0.4) is 0 Å². The van der Waals surface area contributed by atoms with Gasteiger partial charge in [-0.05, 0) is 25.7 Å². The molecule has 0 saturated carbocycles. The van der Waals surface area contributed by atoms with Crippen molar-refractivity contribution in [3.63, 3.8) is 0 Å². The Kier molecular flexibility index (Phi) is 4.51. The smallest absolute Gasteiger partial charge is 0.279 e. The van der Waals surface area contributed by atoms with Crippen molar-refractivity contribution in [2.24, 2.45) is 5.92 Å². The van der Waals surface area contributed by atoms with Crippen molar-refractivity contribution >= 4 is 10.2 Å². The van der Waals surface area contributed by atoms with E-state index in [4.69, 9.17) is 5.11 Å². The minimum atomic E-state index is -3.40. The summed E-state index contributed by atoms with van der Waals surface area (Å²) < 4.78 is 27.5. The zero-order valence-corrected chi connectivity index (χ0v) is 10.1. The van der Waals surface area contributed by atoms with Gasteiger partial charge >= 0.3 is 0 Å². The molecule has 2 atom stereocenters. The van der Waals surface area contributed by atoms with Gasteiger partial charge in [-0.15, -0.1) is 0 Å². The highest BCUT2D eigenvalue weighted by atomic mass is 32.2. The van der Waals surface area contributed by atoms with E-state index in [1.54, 1.807) is 6.92 Å². The summed E-state index contributed by atoms with van der Waals surface area (Å²) in [6, 6.07) is -0.424. The number of hydrogen-bond acceptors (Lipinski definition) is 3. The molecule has 1 fully saturated rings. The molecule has 5 nitrogen and oxygen atoms in total. The zero-order valence-electron chi connectivity index (χ0n) is 9.31. The molecular formula is C9H20N2O3S. The van der Waals surface area contributed by atoms with E-state index in [1.807, 2.05) is 0 Å². The molecule has 6 heteroatoms. The van der Waals surface area contributed by atoms with Gasteiger partial charge in [-0.2, -0.15) is 17.4 Å². The predicted molar refractivity (Wildman–Crippen MR) is 58.6 cm³/mol.